The van der Waals surface area contributed by atoms with E-state index in [1.165, 1.54) is 4.31 Å². The lowest BCUT2D eigenvalue weighted by molar-refractivity contribution is 0.0746. The first kappa shape index (κ1) is 23.1. The van der Waals surface area contributed by atoms with Crippen LogP contribution in [-0.2, 0) is 10.0 Å². The van der Waals surface area contributed by atoms with Crippen molar-refractivity contribution in [2.24, 2.45) is 0 Å². The maximum Gasteiger partial charge on any atom is 0.253 e. The quantitative estimate of drug-likeness (QED) is 0.516. The van der Waals surface area contributed by atoms with Gasteiger partial charge in [-0.15, -0.1) is 0 Å². The first-order chi connectivity index (χ1) is 16.5. The van der Waals surface area contributed by atoms with Gasteiger partial charge in [-0.2, -0.15) is 4.31 Å². The molecule has 8 nitrogen and oxygen atoms in total. The molecule has 0 radical (unpaired) electrons. The van der Waals surface area contributed by atoms with Gasteiger partial charge in [-0.25, -0.2) is 13.4 Å². The highest BCUT2D eigenvalue weighted by molar-refractivity contribution is 7.89. The Balaban J connectivity index is 1.24. The molecule has 2 aliphatic heterocycles. The lowest BCUT2D eigenvalue weighted by Crippen LogP contribution is -2.48. The number of hydrogen-bond acceptors (Lipinski definition) is 7. The van der Waals surface area contributed by atoms with Crippen LogP contribution in [0.25, 0.3) is 10.2 Å². The SMILES string of the molecule is CCOc1cccc2sc(N3CCN(C(=O)c4ccc(S(=O)(=O)N5CCCC5)cc4)CC3)nc12. The van der Waals surface area contributed by atoms with Crippen molar-refractivity contribution in [3.8, 4) is 5.75 Å². The summed E-state index contributed by atoms with van der Waals surface area (Å²) in [6.45, 7) is 6.24. The highest BCUT2D eigenvalue weighted by atomic mass is 32.2. The van der Waals surface area contributed by atoms with Crippen LogP contribution in [-0.4, -0.2) is 74.4 Å². The van der Waals surface area contributed by atoms with Gasteiger partial charge in [0, 0.05) is 44.8 Å². The number of carbonyl (C=O) groups is 1. The third kappa shape index (κ3) is 4.37. The second-order valence-corrected chi connectivity index (χ2v) is 11.4. The lowest BCUT2D eigenvalue weighted by Gasteiger charge is -2.34. The number of fused-ring (bicyclic) bond motifs is 1. The Labute approximate surface area is 203 Å². The van der Waals surface area contributed by atoms with Gasteiger partial charge in [0.15, 0.2) is 5.13 Å². The minimum Gasteiger partial charge on any atom is -0.492 e. The normalized spacial score (nSPS) is 17.4. The predicted octanol–water partition coefficient (Wildman–Crippen LogP) is 3.44. The Morgan fingerprint density at radius 1 is 1.00 bits per heavy atom. The summed E-state index contributed by atoms with van der Waals surface area (Å²) in [5.41, 5.74) is 1.39. The Morgan fingerprint density at radius 2 is 1.71 bits per heavy atom. The molecule has 0 N–H and O–H groups in total. The highest BCUT2D eigenvalue weighted by Gasteiger charge is 2.28. The fourth-order valence-corrected chi connectivity index (χ4v) is 7.00. The van der Waals surface area contributed by atoms with Crippen LogP contribution in [0.5, 0.6) is 5.75 Å². The van der Waals surface area contributed by atoms with Crippen molar-refractivity contribution in [1.82, 2.24) is 14.2 Å². The number of carbonyl (C=O) groups excluding carboxylic acids is 1. The number of para-hydroxylation sites is 1. The average molecular weight is 501 g/mol. The molecule has 0 saturated carbocycles. The monoisotopic (exact) mass is 500 g/mol. The standard InChI is InChI=1S/C24H28N4O4S2/c1-2-32-20-6-5-7-21-22(20)25-24(33-21)27-16-14-26(15-17-27)23(29)18-8-10-19(11-9-18)34(30,31)28-12-3-4-13-28/h5-11H,2-4,12-17H2,1H3. The zero-order valence-corrected chi connectivity index (χ0v) is 20.8. The molecule has 0 bridgehead atoms. The van der Waals surface area contributed by atoms with Gasteiger partial charge in [0.05, 0.1) is 16.2 Å². The number of anilines is 1. The van der Waals surface area contributed by atoms with E-state index in [0.29, 0.717) is 51.4 Å². The fourth-order valence-electron chi connectivity index (χ4n) is 4.45. The van der Waals surface area contributed by atoms with E-state index in [4.69, 9.17) is 9.72 Å². The van der Waals surface area contributed by atoms with E-state index < -0.39 is 10.0 Å². The molecular weight excluding hydrogens is 472 g/mol. The number of hydrogen-bond donors (Lipinski definition) is 0. The molecule has 34 heavy (non-hydrogen) atoms. The molecule has 180 valence electrons. The molecule has 2 aromatic carbocycles. The average Bonchev–Trinajstić information content (AvgIpc) is 3.55. The van der Waals surface area contributed by atoms with Crippen molar-refractivity contribution in [3.05, 3.63) is 48.0 Å². The van der Waals surface area contributed by atoms with Crippen molar-refractivity contribution >= 4 is 42.6 Å². The summed E-state index contributed by atoms with van der Waals surface area (Å²) in [6, 6.07) is 12.3. The maximum absolute atomic E-state index is 13.0. The summed E-state index contributed by atoms with van der Waals surface area (Å²) < 4.78 is 33.8. The molecule has 1 amide bonds. The molecule has 0 spiro atoms. The number of aromatic nitrogens is 1. The number of amides is 1. The number of sulfonamides is 1. The lowest BCUT2D eigenvalue weighted by atomic mass is 10.2. The molecule has 3 heterocycles. The first-order valence-electron chi connectivity index (χ1n) is 11.6. The van der Waals surface area contributed by atoms with Crippen LogP contribution in [0.1, 0.15) is 30.1 Å². The zero-order chi connectivity index (χ0) is 23.7. The van der Waals surface area contributed by atoms with Gasteiger partial charge >= 0.3 is 0 Å². The number of ether oxygens (including phenoxy) is 1. The second-order valence-electron chi connectivity index (χ2n) is 8.45. The summed E-state index contributed by atoms with van der Waals surface area (Å²) in [7, 11) is -3.47. The van der Waals surface area contributed by atoms with Crippen LogP contribution in [0.4, 0.5) is 5.13 Å². The topological polar surface area (TPSA) is 83.0 Å². The molecule has 2 saturated heterocycles. The van der Waals surface area contributed by atoms with E-state index in [-0.39, 0.29) is 10.8 Å². The van der Waals surface area contributed by atoms with E-state index >= 15 is 0 Å². The zero-order valence-electron chi connectivity index (χ0n) is 19.1. The Hall–Kier alpha value is -2.69. The molecule has 10 heteroatoms. The summed E-state index contributed by atoms with van der Waals surface area (Å²) in [5.74, 6) is 0.721. The highest BCUT2D eigenvalue weighted by Crippen LogP contribution is 2.34. The minimum absolute atomic E-state index is 0.0762. The third-order valence-corrected chi connectivity index (χ3v) is 9.31. The van der Waals surface area contributed by atoms with E-state index in [0.717, 1.165) is 33.9 Å². The third-order valence-electron chi connectivity index (χ3n) is 6.31. The minimum atomic E-state index is -3.47. The second kappa shape index (κ2) is 9.52. The summed E-state index contributed by atoms with van der Waals surface area (Å²) in [4.78, 5) is 22.1. The van der Waals surface area contributed by atoms with Gasteiger partial charge in [0.2, 0.25) is 10.0 Å². The Morgan fingerprint density at radius 3 is 2.38 bits per heavy atom. The summed E-state index contributed by atoms with van der Waals surface area (Å²) in [6.07, 6.45) is 1.79. The van der Waals surface area contributed by atoms with Crippen LogP contribution in [0.2, 0.25) is 0 Å². The summed E-state index contributed by atoms with van der Waals surface area (Å²) >= 11 is 1.63. The Bertz CT molecular complexity index is 1280. The van der Waals surface area contributed by atoms with Gasteiger partial charge in [0.1, 0.15) is 11.3 Å². The number of rotatable bonds is 6. The van der Waals surface area contributed by atoms with Crippen molar-refractivity contribution < 1.29 is 17.9 Å². The molecule has 5 rings (SSSR count). The largest absolute Gasteiger partial charge is 0.492 e. The van der Waals surface area contributed by atoms with Gasteiger partial charge in [-0.05, 0) is 56.2 Å². The predicted molar refractivity (Wildman–Crippen MR) is 133 cm³/mol. The van der Waals surface area contributed by atoms with Gasteiger partial charge < -0.3 is 14.5 Å². The van der Waals surface area contributed by atoms with Crippen LogP contribution in [0, 0.1) is 0 Å². The molecule has 0 atom stereocenters. The van der Waals surface area contributed by atoms with E-state index in [9.17, 15) is 13.2 Å². The van der Waals surface area contributed by atoms with Crippen molar-refractivity contribution in [2.45, 2.75) is 24.7 Å². The summed E-state index contributed by atoms with van der Waals surface area (Å²) in [5, 5.41) is 0.936. The maximum atomic E-state index is 13.0. The van der Waals surface area contributed by atoms with Gasteiger partial charge in [-0.3, -0.25) is 4.79 Å². The van der Waals surface area contributed by atoms with E-state index in [1.54, 1.807) is 35.6 Å². The van der Waals surface area contributed by atoms with Gasteiger partial charge in [-0.1, -0.05) is 17.4 Å². The van der Waals surface area contributed by atoms with Crippen molar-refractivity contribution in [2.75, 3.05) is 50.8 Å². The van der Waals surface area contributed by atoms with Crippen molar-refractivity contribution in [3.63, 3.8) is 0 Å². The Kier molecular flexibility index (Phi) is 6.46. The number of thiazole rings is 1. The smallest absolute Gasteiger partial charge is 0.253 e. The molecular formula is C24H28N4O4S2. The number of piperazine rings is 1. The molecule has 0 unspecified atom stereocenters. The first-order valence-corrected chi connectivity index (χ1v) is 13.9. The number of benzene rings is 2. The number of nitrogens with zero attached hydrogens (tertiary/aromatic N) is 4. The van der Waals surface area contributed by atoms with Crippen LogP contribution >= 0.6 is 11.3 Å². The molecule has 3 aromatic rings. The molecule has 2 aliphatic rings. The van der Waals surface area contributed by atoms with E-state index in [1.807, 2.05) is 30.0 Å². The molecule has 0 aliphatic carbocycles. The van der Waals surface area contributed by atoms with Crippen LogP contribution in [0.15, 0.2) is 47.4 Å². The van der Waals surface area contributed by atoms with Crippen LogP contribution in [0.3, 0.4) is 0 Å². The fraction of sp³-hybridized carbons (Fsp3) is 0.417. The molecule has 2 fully saturated rings. The van der Waals surface area contributed by atoms with Gasteiger partial charge in [0.25, 0.3) is 5.91 Å². The van der Waals surface area contributed by atoms with E-state index in [2.05, 4.69) is 4.90 Å². The van der Waals surface area contributed by atoms with Crippen LogP contribution < -0.4 is 9.64 Å². The molecule has 1 aromatic heterocycles. The van der Waals surface area contributed by atoms with Crippen molar-refractivity contribution in [1.29, 1.82) is 0 Å².